The number of hydrogen-bond donors (Lipinski definition) is 1. The molecule has 0 spiro atoms. The number of hydrogen-bond acceptors (Lipinski definition) is 5. The fraction of sp³-hybridized carbons (Fsp3) is 0.316. The molecule has 2 unspecified atom stereocenters. The summed E-state index contributed by atoms with van der Waals surface area (Å²) in [4.78, 5) is 22.5. The summed E-state index contributed by atoms with van der Waals surface area (Å²) in [6, 6.07) is 6.08. The highest BCUT2D eigenvalue weighted by Crippen LogP contribution is 2.27. The van der Waals surface area contributed by atoms with Gasteiger partial charge in [-0.05, 0) is 13.0 Å². The predicted octanol–water partition coefficient (Wildman–Crippen LogP) is 1.90. The molecule has 1 aromatic rings. The van der Waals surface area contributed by atoms with Gasteiger partial charge in [-0.15, -0.1) is 6.42 Å². The van der Waals surface area contributed by atoms with Crippen molar-refractivity contribution in [1.82, 2.24) is 0 Å². The molecule has 0 bridgehead atoms. The molecule has 0 aromatic heterocycles. The molecule has 0 saturated carbocycles. The SMILES string of the molecule is C#CC(O)C#CCC(C)(CC#Cc1ccccc1[N+](=O)[O-])C(=O)OC. The minimum Gasteiger partial charge on any atom is -0.469 e. The van der Waals surface area contributed by atoms with Crippen molar-refractivity contribution in [3.8, 4) is 36.0 Å². The van der Waals surface area contributed by atoms with E-state index in [1.165, 1.54) is 19.2 Å². The van der Waals surface area contributed by atoms with Gasteiger partial charge < -0.3 is 9.84 Å². The molecule has 0 aliphatic heterocycles. The second kappa shape index (κ2) is 9.13. The zero-order valence-corrected chi connectivity index (χ0v) is 13.9. The number of nitro benzene ring substituents is 1. The molecule has 0 aliphatic rings. The first kappa shape index (κ1) is 19.8. The van der Waals surface area contributed by atoms with E-state index in [4.69, 9.17) is 11.2 Å². The topological polar surface area (TPSA) is 89.7 Å². The van der Waals surface area contributed by atoms with E-state index < -0.39 is 22.4 Å². The second-order valence-corrected chi connectivity index (χ2v) is 5.37. The van der Waals surface area contributed by atoms with E-state index in [2.05, 4.69) is 23.7 Å². The lowest BCUT2D eigenvalue weighted by molar-refractivity contribution is -0.385. The van der Waals surface area contributed by atoms with Crippen LogP contribution in [0, 0.1) is 51.6 Å². The maximum absolute atomic E-state index is 12.0. The van der Waals surface area contributed by atoms with Gasteiger partial charge in [0.25, 0.3) is 5.69 Å². The van der Waals surface area contributed by atoms with Gasteiger partial charge in [-0.3, -0.25) is 14.9 Å². The molecule has 0 amide bonds. The average Bonchev–Trinajstić information content (AvgIpc) is 2.61. The third-order valence-corrected chi connectivity index (χ3v) is 3.36. The van der Waals surface area contributed by atoms with Crippen LogP contribution >= 0.6 is 0 Å². The molecule has 1 rings (SSSR count). The van der Waals surface area contributed by atoms with E-state index in [1.807, 2.05) is 5.92 Å². The van der Waals surface area contributed by atoms with E-state index >= 15 is 0 Å². The largest absolute Gasteiger partial charge is 0.469 e. The number of carbonyl (C=O) groups excluding carboxylic acids is 1. The number of ether oxygens (including phenoxy) is 1. The molecule has 25 heavy (non-hydrogen) atoms. The lowest BCUT2D eigenvalue weighted by Gasteiger charge is -2.21. The van der Waals surface area contributed by atoms with Gasteiger partial charge in [-0.25, -0.2) is 0 Å². The number of aliphatic hydroxyl groups excluding tert-OH is 1. The minimum absolute atomic E-state index is 0.0734. The molecule has 6 heteroatoms. The van der Waals surface area contributed by atoms with Crippen molar-refractivity contribution < 1.29 is 19.6 Å². The lowest BCUT2D eigenvalue weighted by Crippen LogP contribution is -2.28. The Labute approximate surface area is 146 Å². The smallest absolute Gasteiger partial charge is 0.313 e. The Kier molecular flexibility index (Phi) is 7.22. The van der Waals surface area contributed by atoms with Gasteiger partial charge in [-0.1, -0.05) is 41.7 Å². The van der Waals surface area contributed by atoms with E-state index in [0.717, 1.165) is 0 Å². The van der Waals surface area contributed by atoms with Crippen molar-refractivity contribution in [3.63, 3.8) is 0 Å². The normalized spacial score (nSPS) is 12.9. The van der Waals surface area contributed by atoms with Gasteiger partial charge in [0.05, 0.1) is 17.4 Å². The summed E-state index contributed by atoms with van der Waals surface area (Å²) in [5.41, 5.74) is -0.896. The quantitative estimate of drug-likeness (QED) is 0.392. The Balaban J connectivity index is 3.02. The molecule has 0 fully saturated rings. The van der Waals surface area contributed by atoms with Crippen molar-refractivity contribution in [2.75, 3.05) is 7.11 Å². The van der Waals surface area contributed by atoms with Crippen molar-refractivity contribution in [3.05, 3.63) is 39.9 Å². The Morgan fingerprint density at radius 2 is 2.04 bits per heavy atom. The summed E-state index contributed by atoms with van der Waals surface area (Å²) in [7, 11) is 1.25. The standard InChI is InChI=1S/C19H17NO5/c1-4-16(21)11-8-14-19(2,18(22)25-3)13-7-10-15-9-5-6-12-17(15)20(23)24/h1,5-6,9,12,16,21H,13-14H2,2-3H3. The molecular formula is C19H17NO5. The molecule has 6 nitrogen and oxygen atoms in total. The third kappa shape index (κ3) is 5.70. The molecule has 1 N–H and O–H groups in total. The fourth-order valence-corrected chi connectivity index (χ4v) is 1.91. The number of rotatable bonds is 4. The highest BCUT2D eigenvalue weighted by Gasteiger charge is 2.33. The second-order valence-electron chi connectivity index (χ2n) is 5.37. The van der Waals surface area contributed by atoms with Gasteiger partial charge in [0.2, 0.25) is 0 Å². The number of nitro groups is 1. The van der Waals surface area contributed by atoms with Crippen molar-refractivity contribution in [2.45, 2.75) is 25.9 Å². The Hall–Kier alpha value is -3.27. The first-order valence-electron chi connectivity index (χ1n) is 7.27. The molecular weight excluding hydrogens is 322 g/mol. The molecule has 0 saturated heterocycles. The Bertz CT molecular complexity index is 816. The monoisotopic (exact) mass is 339 g/mol. The molecule has 1 aromatic carbocycles. The van der Waals surface area contributed by atoms with Crippen LogP contribution in [0.2, 0.25) is 0 Å². The zero-order chi connectivity index (χ0) is 18.9. The van der Waals surface area contributed by atoms with Gasteiger partial charge in [0.15, 0.2) is 6.10 Å². The molecule has 2 atom stereocenters. The molecule has 0 aliphatic carbocycles. The number of benzene rings is 1. The summed E-state index contributed by atoms with van der Waals surface area (Å²) >= 11 is 0. The average molecular weight is 339 g/mol. The first-order valence-corrected chi connectivity index (χ1v) is 7.27. The van der Waals surface area contributed by atoms with Gasteiger partial charge in [0.1, 0.15) is 5.56 Å². The summed E-state index contributed by atoms with van der Waals surface area (Å²) in [6.45, 7) is 1.61. The number of carbonyl (C=O) groups is 1. The molecule has 128 valence electrons. The molecule has 0 heterocycles. The van der Waals surface area contributed by atoms with Crippen LogP contribution in [0.4, 0.5) is 5.69 Å². The number of aliphatic hydroxyl groups is 1. The van der Waals surface area contributed by atoms with Crippen LogP contribution in [-0.4, -0.2) is 29.2 Å². The van der Waals surface area contributed by atoms with Gasteiger partial charge >= 0.3 is 5.97 Å². The predicted molar refractivity (Wildman–Crippen MR) is 91.9 cm³/mol. The Morgan fingerprint density at radius 1 is 1.40 bits per heavy atom. The fourth-order valence-electron chi connectivity index (χ4n) is 1.91. The van der Waals surface area contributed by atoms with Crippen LogP contribution in [0.25, 0.3) is 0 Å². The van der Waals surface area contributed by atoms with Crippen LogP contribution in [0.5, 0.6) is 0 Å². The maximum Gasteiger partial charge on any atom is 0.313 e. The van der Waals surface area contributed by atoms with E-state index in [0.29, 0.717) is 0 Å². The number of para-hydroxylation sites is 1. The van der Waals surface area contributed by atoms with Crippen molar-refractivity contribution in [2.24, 2.45) is 5.41 Å². The van der Waals surface area contributed by atoms with Crippen molar-refractivity contribution in [1.29, 1.82) is 0 Å². The van der Waals surface area contributed by atoms with Crippen molar-refractivity contribution >= 4 is 11.7 Å². The van der Waals surface area contributed by atoms with Crippen LogP contribution in [0.15, 0.2) is 24.3 Å². The highest BCUT2D eigenvalue weighted by atomic mass is 16.6. The summed E-state index contributed by atoms with van der Waals surface area (Å²) in [5.74, 6) is 12.1. The Morgan fingerprint density at radius 3 is 2.64 bits per heavy atom. The van der Waals surface area contributed by atoms with Crippen LogP contribution in [-0.2, 0) is 9.53 Å². The number of terminal acetylenes is 1. The first-order chi connectivity index (χ1) is 11.8. The van der Waals surface area contributed by atoms with Crippen LogP contribution < -0.4 is 0 Å². The van der Waals surface area contributed by atoms with E-state index in [9.17, 15) is 20.0 Å². The highest BCUT2D eigenvalue weighted by molar-refractivity contribution is 5.77. The van der Waals surface area contributed by atoms with Crippen LogP contribution in [0.1, 0.15) is 25.3 Å². The number of nitrogens with zero attached hydrogens (tertiary/aromatic N) is 1. The van der Waals surface area contributed by atoms with Crippen LogP contribution in [0.3, 0.4) is 0 Å². The maximum atomic E-state index is 12.0. The lowest BCUT2D eigenvalue weighted by atomic mass is 9.83. The number of esters is 1. The summed E-state index contributed by atoms with van der Waals surface area (Å²) < 4.78 is 4.78. The zero-order valence-electron chi connectivity index (χ0n) is 13.9. The number of methoxy groups -OCH3 is 1. The van der Waals surface area contributed by atoms with E-state index in [-0.39, 0.29) is 24.1 Å². The molecule has 0 radical (unpaired) electrons. The minimum atomic E-state index is -1.21. The van der Waals surface area contributed by atoms with Gasteiger partial charge in [-0.2, -0.15) is 0 Å². The van der Waals surface area contributed by atoms with Gasteiger partial charge in [0, 0.05) is 18.9 Å². The van der Waals surface area contributed by atoms with E-state index in [1.54, 1.807) is 19.1 Å². The third-order valence-electron chi connectivity index (χ3n) is 3.36. The summed E-state index contributed by atoms with van der Waals surface area (Å²) in [6.07, 6.45) is 3.96. The summed E-state index contributed by atoms with van der Waals surface area (Å²) in [5, 5.41) is 20.2.